The number of carbonyl (C=O) groups is 1. The summed E-state index contributed by atoms with van der Waals surface area (Å²) in [5.74, 6) is -0.743. The maximum atomic E-state index is 12.9. The molecule has 0 aliphatic carbocycles. The van der Waals surface area contributed by atoms with Crippen molar-refractivity contribution in [3.05, 3.63) is 41.2 Å². The molecule has 1 atom stereocenters. The summed E-state index contributed by atoms with van der Waals surface area (Å²) in [5, 5.41) is 1.90. The Morgan fingerprint density at radius 3 is 2.43 bits per heavy atom. The molecule has 0 spiro atoms. The molecular formula is C18H21ClN4O5S2. The quantitative estimate of drug-likeness (QED) is 0.661. The standard InChI is InChI=1S/C18H21ClN4O5S2/c1-12-5-3-4-10-23(12)30(27,28)14-8-6-13(7-9-14)21-17(24)16-15(19)11-20-18(22-16)29(2,25)26/h6-9,11-12H,3-5,10H2,1-2H3,(H,21,24)/t12-/m0/s1. The fourth-order valence-electron chi connectivity index (χ4n) is 3.15. The molecule has 0 bridgehead atoms. The molecule has 1 aliphatic heterocycles. The number of sulfone groups is 1. The minimum atomic E-state index is -3.72. The number of hydrogen-bond donors (Lipinski definition) is 1. The number of sulfonamides is 1. The lowest BCUT2D eigenvalue weighted by atomic mass is 10.1. The topological polar surface area (TPSA) is 126 Å². The second-order valence-corrected chi connectivity index (χ2v) is 11.3. The molecule has 1 fully saturated rings. The van der Waals surface area contributed by atoms with Gasteiger partial charge in [-0.15, -0.1) is 0 Å². The van der Waals surface area contributed by atoms with Gasteiger partial charge in [0.15, 0.2) is 5.69 Å². The van der Waals surface area contributed by atoms with Gasteiger partial charge < -0.3 is 5.32 Å². The first-order valence-electron chi connectivity index (χ1n) is 9.16. The number of halogens is 1. The summed E-state index contributed by atoms with van der Waals surface area (Å²) in [6.45, 7) is 2.37. The van der Waals surface area contributed by atoms with Crippen LogP contribution in [0.3, 0.4) is 0 Å². The number of nitrogens with zero attached hydrogens (tertiary/aromatic N) is 3. The fraction of sp³-hybridized carbons (Fsp3) is 0.389. The number of carbonyl (C=O) groups excluding carboxylic acids is 1. The predicted molar refractivity (Wildman–Crippen MR) is 112 cm³/mol. The van der Waals surface area contributed by atoms with Gasteiger partial charge in [-0.05, 0) is 44.0 Å². The van der Waals surface area contributed by atoms with Crippen molar-refractivity contribution in [1.29, 1.82) is 0 Å². The van der Waals surface area contributed by atoms with Crippen LogP contribution in [0, 0.1) is 0 Å². The molecule has 1 aromatic heterocycles. The van der Waals surface area contributed by atoms with E-state index < -0.39 is 30.9 Å². The van der Waals surface area contributed by atoms with E-state index in [1.165, 1.54) is 28.6 Å². The van der Waals surface area contributed by atoms with E-state index in [2.05, 4.69) is 15.3 Å². The Hall–Kier alpha value is -2.08. The molecule has 1 aromatic carbocycles. The molecule has 162 valence electrons. The highest BCUT2D eigenvalue weighted by Gasteiger charge is 2.30. The van der Waals surface area contributed by atoms with Crippen LogP contribution >= 0.6 is 11.6 Å². The lowest BCUT2D eigenvalue weighted by molar-refractivity contribution is 0.102. The van der Waals surface area contributed by atoms with Crippen LogP contribution in [0.15, 0.2) is 40.5 Å². The van der Waals surface area contributed by atoms with E-state index >= 15 is 0 Å². The highest BCUT2D eigenvalue weighted by Crippen LogP contribution is 2.26. The van der Waals surface area contributed by atoms with Crippen LogP contribution < -0.4 is 5.32 Å². The summed E-state index contributed by atoms with van der Waals surface area (Å²) in [7, 11) is -7.34. The van der Waals surface area contributed by atoms with E-state index in [1.807, 2.05) is 6.92 Å². The van der Waals surface area contributed by atoms with E-state index in [0.29, 0.717) is 12.2 Å². The minimum absolute atomic E-state index is 0.0629. The molecule has 2 aromatic rings. The van der Waals surface area contributed by atoms with Crippen molar-refractivity contribution in [2.75, 3.05) is 18.1 Å². The van der Waals surface area contributed by atoms with Crippen LogP contribution in [0.4, 0.5) is 5.69 Å². The summed E-state index contributed by atoms with van der Waals surface area (Å²) in [5.41, 5.74) is 0.00663. The zero-order chi connectivity index (χ0) is 22.1. The predicted octanol–water partition coefficient (Wildman–Crippen LogP) is 2.35. The molecule has 0 radical (unpaired) electrons. The Balaban J connectivity index is 1.80. The normalized spacial score (nSPS) is 18.2. The molecule has 9 nitrogen and oxygen atoms in total. The van der Waals surface area contributed by atoms with Gasteiger partial charge in [0.25, 0.3) is 5.91 Å². The van der Waals surface area contributed by atoms with Crippen molar-refractivity contribution in [1.82, 2.24) is 14.3 Å². The number of nitrogens with one attached hydrogen (secondary N) is 1. The van der Waals surface area contributed by atoms with Crippen LogP contribution in [-0.2, 0) is 19.9 Å². The first kappa shape index (κ1) is 22.6. The summed E-state index contributed by atoms with van der Waals surface area (Å²) in [6.07, 6.45) is 4.61. The summed E-state index contributed by atoms with van der Waals surface area (Å²) < 4.78 is 50.5. The Morgan fingerprint density at radius 2 is 1.83 bits per heavy atom. The molecule has 1 N–H and O–H groups in total. The third-order valence-corrected chi connectivity index (χ3v) is 7.89. The summed E-state index contributed by atoms with van der Waals surface area (Å²) in [6, 6.07) is 5.66. The van der Waals surface area contributed by atoms with Gasteiger partial charge in [0.2, 0.25) is 25.0 Å². The third kappa shape index (κ3) is 4.80. The van der Waals surface area contributed by atoms with E-state index in [9.17, 15) is 21.6 Å². The molecule has 1 aliphatic rings. The Kier molecular flexibility index (Phi) is 6.46. The maximum Gasteiger partial charge on any atom is 0.275 e. The average molecular weight is 473 g/mol. The zero-order valence-corrected chi connectivity index (χ0v) is 18.8. The first-order valence-corrected chi connectivity index (χ1v) is 12.9. The number of hydrogen-bond acceptors (Lipinski definition) is 7. The van der Waals surface area contributed by atoms with Crippen molar-refractivity contribution in [3.63, 3.8) is 0 Å². The fourth-order valence-corrected chi connectivity index (χ4v) is 5.53. The van der Waals surface area contributed by atoms with Crippen molar-refractivity contribution < 1.29 is 21.6 Å². The largest absolute Gasteiger partial charge is 0.321 e. The minimum Gasteiger partial charge on any atom is -0.321 e. The average Bonchev–Trinajstić information content (AvgIpc) is 2.68. The molecule has 0 saturated carbocycles. The van der Waals surface area contributed by atoms with E-state index in [4.69, 9.17) is 11.6 Å². The zero-order valence-electron chi connectivity index (χ0n) is 16.4. The van der Waals surface area contributed by atoms with Crippen LogP contribution in [0.2, 0.25) is 5.02 Å². The van der Waals surface area contributed by atoms with Gasteiger partial charge in [0.1, 0.15) is 0 Å². The maximum absolute atomic E-state index is 12.9. The third-order valence-electron chi connectivity index (χ3n) is 4.73. The van der Waals surface area contributed by atoms with Gasteiger partial charge in [-0.25, -0.2) is 26.8 Å². The number of benzene rings is 1. The van der Waals surface area contributed by atoms with Gasteiger partial charge in [-0.3, -0.25) is 4.79 Å². The smallest absolute Gasteiger partial charge is 0.275 e. The Bertz CT molecular complexity index is 1170. The molecular weight excluding hydrogens is 452 g/mol. The SMILES string of the molecule is C[C@H]1CCCCN1S(=O)(=O)c1ccc(NC(=O)c2nc(S(C)(=O)=O)ncc2Cl)cc1. The van der Waals surface area contributed by atoms with Gasteiger partial charge in [0, 0.05) is 24.5 Å². The molecule has 12 heteroatoms. The number of amides is 1. The highest BCUT2D eigenvalue weighted by atomic mass is 35.5. The number of piperidine rings is 1. The van der Waals surface area contributed by atoms with E-state index in [0.717, 1.165) is 31.7 Å². The number of rotatable bonds is 5. The van der Waals surface area contributed by atoms with Crippen LogP contribution in [0.5, 0.6) is 0 Å². The summed E-state index contributed by atoms with van der Waals surface area (Å²) >= 11 is 5.93. The van der Waals surface area contributed by atoms with Crippen LogP contribution in [-0.4, -0.2) is 55.9 Å². The molecule has 1 amide bonds. The van der Waals surface area contributed by atoms with E-state index in [-0.39, 0.29) is 21.7 Å². The van der Waals surface area contributed by atoms with Crippen molar-refractivity contribution in [3.8, 4) is 0 Å². The Morgan fingerprint density at radius 1 is 1.17 bits per heavy atom. The lowest BCUT2D eigenvalue weighted by Crippen LogP contribution is -2.41. The van der Waals surface area contributed by atoms with E-state index in [1.54, 1.807) is 0 Å². The van der Waals surface area contributed by atoms with Gasteiger partial charge >= 0.3 is 0 Å². The molecule has 3 rings (SSSR count). The van der Waals surface area contributed by atoms with Gasteiger partial charge in [0.05, 0.1) is 16.1 Å². The molecule has 30 heavy (non-hydrogen) atoms. The number of anilines is 1. The van der Waals surface area contributed by atoms with Crippen LogP contribution in [0.1, 0.15) is 36.7 Å². The second-order valence-electron chi connectivity index (χ2n) is 7.06. The molecule has 0 unspecified atom stereocenters. The highest BCUT2D eigenvalue weighted by molar-refractivity contribution is 7.90. The van der Waals surface area contributed by atoms with Gasteiger partial charge in [-0.2, -0.15) is 4.31 Å². The van der Waals surface area contributed by atoms with Crippen molar-refractivity contribution >= 4 is 43.1 Å². The lowest BCUT2D eigenvalue weighted by Gasteiger charge is -2.32. The Labute approximate surface area is 180 Å². The molecule has 2 heterocycles. The van der Waals surface area contributed by atoms with Crippen molar-refractivity contribution in [2.45, 2.75) is 42.3 Å². The number of aromatic nitrogens is 2. The second kappa shape index (κ2) is 8.58. The van der Waals surface area contributed by atoms with Crippen LogP contribution in [0.25, 0.3) is 0 Å². The first-order chi connectivity index (χ1) is 14.0. The summed E-state index contributed by atoms with van der Waals surface area (Å²) in [4.78, 5) is 19.9. The molecule has 1 saturated heterocycles. The van der Waals surface area contributed by atoms with Gasteiger partial charge in [-0.1, -0.05) is 18.0 Å². The monoisotopic (exact) mass is 472 g/mol. The van der Waals surface area contributed by atoms with Crippen molar-refractivity contribution in [2.24, 2.45) is 0 Å².